The number of aromatic nitrogens is 1. The van der Waals surface area contributed by atoms with Gasteiger partial charge < -0.3 is 10.2 Å². The minimum Gasteiger partial charge on any atom is -0.348 e. The predicted molar refractivity (Wildman–Crippen MR) is 86.6 cm³/mol. The van der Waals surface area contributed by atoms with Gasteiger partial charge in [0, 0.05) is 24.0 Å². The van der Waals surface area contributed by atoms with Crippen molar-refractivity contribution < 1.29 is 0 Å². The number of rotatable bonds is 5. The molecule has 3 rings (SSSR count). The zero-order valence-electron chi connectivity index (χ0n) is 13.0. The third-order valence-corrected chi connectivity index (χ3v) is 6.31. The third kappa shape index (κ3) is 2.73. The van der Waals surface area contributed by atoms with Gasteiger partial charge in [0.25, 0.3) is 0 Å². The molecule has 1 aliphatic heterocycles. The molecule has 0 aromatic carbocycles. The maximum absolute atomic E-state index is 4.85. The molecule has 1 N–H and O–H groups in total. The van der Waals surface area contributed by atoms with Crippen molar-refractivity contribution in [3.63, 3.8) is 0 Å². The molecular formula is C16H27N3S. The molecule has 4 heteroatoms. The van der Waals surface area contributed by atoms with Crippen LogP contribution in [0.4, 0.5) is 5.13 Å². The van der Waals surface area contributed by atoms with E-state index in [1.165, 1.54) is 54.5 Å². The Hall–Kier alpha value is -0.610. The Balaban J connectivity index is 1.69. The van der Waals surface area contributed by atoms with E-state index in [4.69, 9.17) is 4.98 Å². The Kier molecular flexibility index (Phi) is 4.32. The fraction of sp³-hybridized carbons (Fsp3) is 0.812. The van der Waals surface area contributed by atoms with Crippen molar-refractivity contribution in [3.8, 4) is 0 Å². The molecule has 2 heterocycles. The van der Waals surface area contributed by atoms with Crippen molar-refractivity contribution in [2.24, 2.45) is 11.8 Å². The molecule has 2 fully saturated rings. The SMILES string of the molecule is CCCNC(C)c1sc(N2CC3CCCC3C2)nc1C. The van der Waals surface area contributed by atoms with Crippen LogP contribution in [0, 0.1) is 18.8 Å². The maximum Gasteiger partial charge on any atom is 0.185 e. The van der Waals surface area contributed by atoms with Gasteiger partial charge in [-0.2, -0.15) is 0 Å². The molecule has 0 bridgehead atoms. The summed E-state index contributed by atoms with van der Waals surface area (Å²) in [6, 6.07) is 0.434. The van der Waals surface area contributed by atoms with Crippen molar-refractivity contribution in [1.82, 2.24) is 10.3 Å². The van der Waals surface area contributed by atoms with E-state index in [0.29, 0.717) is 6.04 Å². The summed E-state index contributed by atoms with van der Waals surface area (Å²) < 4.78 is 0. The molecule has 112 valence electrons. The van der Waals surface area contributed by atoms with Crippen molar-refractivity contribution in [2.45, 2.75) is 52.5 Å². The van der Waals surface area contributed by atoms with Gasteiger partial charge in [-0.25, -0.2) is 4.98 Å². The van der Waals surface area contributed by atoms with Gasteiger partial charge in [0.15, 0.2) is 5.13 Å². The third-order valence-electron chi connectivity index (χ3n) is 4.91. The Morgan fingerprint density at radius 2 is 2.05 bits per heavy atom. The van der Waals surface area contributed by atoms with Gasteiger partial charge in [-0.05, 0) is 51.5 Å². The number of anilines is 1. The van der Waals surface area contributed by atoms with Gasteiger partial charge >= 0.3 is 0 Å². The molecule has 1 aliphatic carbocycles. The van der Waals surface area contributed by atoms with Crippen LogP contribution >= 0.6 is 11.3 Å². The van der Waals surface area contributed by atoms with Crippen LogP contribution in [0.2, 0.25) is 0 Å². The van der Waals surface area contributed by atoms with E-state index in [2.05, 4.69) is 31.0 Å². The van der Waals surface area contributed by atoms with Crippen LogP contribution in [0.1, 0.15) is 56.1 Å². The number of nitrogens with one attached hydrogen (secondary N) is 1. The Labute approximate surface area is 126 Å². The summed E-state index contributed by atoms with van der Waals surface area (Å²) in [7, 11) is 0. The molecule has 1 saturated carbocycles. The standard InChI is InChI=1S/C16H27N3S/c1-4-8-17-11(2)15-12(3)18-16(20-15)19-9-13-6-5-7-14(13)10-19/h11,13-14,17H,4-10H2,1-3H3. The first-order valence-electron chi connectivity index (χ1n) is 8.14. The molecular weight excluding hydrogens is 266 g/mol. The summed E-state index contributed by atoms with van der Waals surface area (Å²) in [5.41, 5.74) is 1.22. The topological polar surface area (TPSA) is 28.2 Å². The van der Waals surface area contributed by atoms with Crippen LogP contribution in [-0.2, 0) is 0 Å². The summed E-state index contributed by atoms with van der Waals surface area (Å²) in [6.45, 7) is 10.2. The summed E-state index contributed by atoms with van der Waals surface area (Å²) >= 11 is 1.91. The molecule has 3 nitrogen and oxygen atoms in total. The van der Waals surface area contributed by atoms with E-state index in [1.54, 1.807) is 0 Å². The molecule has 3 atom stereocenters. The minimum atomic E-state index is 0.434. The van der Waals surface area contributed by atoms with E-state index in [9.17, 15) is 0 Å². The highest BCUT2D eigenvalue weighted by molar-refractivity contribution is 7.15. The summed E-state index contributed by atoms with van der Waals surface area (Å²) in [6.07, 6.45) is 5.51. The molecule has 1 saturated heterocycles. The van der Waals surface area contributed by atoms with Gasteiger partial charge in [-0.3, -0.25) is 0 Å². The van der Waals surface area contributed by atoms with Crippen molar-refractivity contribution in [2.75, 3.05) is 24.5 Å². The van der Waals surface area contributed by atoms with E-state index in [1.807, 2.05) is 11.3 Å². The highest BCUT2D eigenvalue weighted by atomic mass is 32.1. The van der Waals surface area contributed by atoms with E-state index in [0.717, 1.165) is 18.4 Å². The number of fused-ring (bicyclic) bond motifs is 1. The maximum atomic E-state index is 4.85. The molecule has 1 aromatic rings. The monoisotopic (exact) mass is 293 g/mol. The largest absolute Gasteiger partial charge is 0.348 e. The van der Waals surface area contributed by atoms with Gasteiger partial charge in [0.05, 0.1) is 5.69 Å². The lowest BCUT2D eigenvalue weighted by Crippen LogP contribution is -2.20. The van der Waals surface area contributed by atoms with Gasteiger partial charge in [0.2, 0.25) is 0 Å². The Morgan fingerprint density at radius 1 is 1.35 bits per heavy atom. The first kappa shape index (κ1) is 14.3. The van der Waals surface area contributed by atoms with Crippen LogP contribution in [0.25, 0.3) is 0 Å². The molecule has 0 radical (unpaired) electrons. The molecule has 3 unspecified atom stereocenters. The van der Waals surface area contributed by atoms with Gasteiger partial charge in [0.1, 0.15) is 0 Å². The van der Waals surface area contributed by atoms with Crippen LogP contribution in [0.5, 0.6) is 0 Å². The minimum absolute atomic E-state index is 0.434. The molecule has 0 spiro atoms. The molecule has 1 aromatic heterocycles. The lowest BCUT2D eigenvalue weighted by Gasteiger charge is -2.15. The molecule has 2 aliphatic rings. The number of thiazole rings is 1. The normalized spacial score (nSPS) is 27.1. The zero-order valence-corrected chi connectivity index (χ0v) is 13.8. The van der Waals surface area contributed by atoms with Crippen LogP contribution in [0.3, 0.4) is 0 Å². The fourth-order valence-electron chi connectivity index (χ4n) is 3.78. The average Bonchev–Trinajstić information content (AvgIpc) is 3.08. The molecule has 0 amide bonds. The second kappa shape index (κ2) is 6.02. The number of hydrogen-bond donors (Lipinski definition) is 1. The summed E-state index contributed by atoms with van der Waals surface area (Å²) in [5.74, 6) is 1.89. The number of nitrogens with zero attached hydrogens (tertiary/aromatic N) is 2. The zero-order chi connectivity index (χ0) is 14.1. The number of aryl methyl sites for hydroxylation is 1. The number of hydrogen-bond acceptors (Lipinski definition) is 4. The highest BCUT2D eigenvalue weighted by Crippen LogP contribution is 2.41. The Morgan fingerprint density at radius 3 is 2.70 bits per heavy atom. The van der Waals surface area contributed by atoms with E-state index >= 15 is 0 Å². The highest BCUT2D eigenvalue weighted by Gasteiger charge is 2.37. The lowest BCUT2D eigenvalue weighted by atomic mass is 10.0. The van der Waals surface area contributed by atoms with Crippen molar-refractivity contribution >= 4 is 16.5 Å². The average molecular weight is 293 g/mol. The van der Waals surface area contributed by atoms with Crippen molar-refractivity contribution in [3.05, 3.63) is 10.6 Å². The Bertz CT molecular complexity index is 445. The molecule has 20 heavy (non-hydrogen) atoms. The summed E-state index contributed by atoms with van der Waals surface area (Å²) in [5, 5.41) is 4.85. The second-order valence-electron chi connectivity index (χ2n) is 6.48. The summed E-state index contributed by atoms with van der Waals surface area (Å²) in [4.78, 5) is 8.82. The first-order valence-corrected chi connectivity index (χ1v) is 8.96. The van der Waals surface area contributed by atoms with Crippen molar-refractivity contribution in [1.29, 1.82) is 0 Å². The quantitative estimate of drug-likeness (QED) is 0.896. The van der Waals surface area contributed by atoms with Gasteiger partial charge in [-0.1, -0.05) is 13.3 Å². The second-order valence-corrected chi connectivity index (χ2v) is 7.49. The van der Waals surface area contributed by atoms with Crippen LogP contribution < -0.4 is 10.2 Å². The van der Waals surface area contributed by atoms with Gasteiger partial charge in [-0.15, -0.1) is 11.3 Å². The van der Waals surface area contributed by atoms with Crippen LogP contribution in [-0.4, -0.2) is 24.6 Å². The lowest BCUT2D eigenvalue weighted by molar-refractivity contribution is 0.494. The smallest absolute Gasteiger partial charge is 0.185 e. The van der Waals surface area contributed by atoms with E-state index in [-0.39, 0.29) is 0 Å². The van der Waals surface area contributed by atoms with Crippen LogP contribution in [0.15, 0.2) is 0 Å². The van der Waals surface area contributed by atoms with E-state index < -0.39 is 0 Å². The first-order chi connectivity index (χ1) is 9.69. The fourth-order valence-corrected chi connectivity index (χ4v) is 4.89. The predicted octanol–water partition coefficient (Wildman–Crippen LogP) is 3.75.